The van der Waals surface area contributed by atoms with Crippen LogP contribution < -0.4 is 15.5 Å². The predicted molar refractivity (Wildman–Crippen MR) is 143 cm³/mol. The fraction of sp³-hybridized carbons (Fsp3) is 0.538. The second kappa shape index (κ2) is 14.1. The van der Waals surface area contributed by atoms with Gasteiger partial charge in [0.25, 0.3) is 6.47 Å². The number of hydrogen-bond acceptors (Lipinski definition) is 8. The van der Waals surface area contributed by atoms with E-state index in [1.165, 1.54) is 4.90 Å². The quantitative estimate of drug-likeness (QED) is 0.369. The Hall–Kier alpha value is -3.65. The van der Waals surface area contributed by atoms with Crippen molar-refractivity contribution in [3.63, 3.8) is 0 Å². The molecule has 2 atom stereocenters. The number of halogens is 3. The molecule has 2 unspecified atom stereocenters. The normalized spacial score (nSPS) is 18.0. The summed E-state index contributed by atoms with van der Waals surface area (Å²) in [6.07, 6.45) is -4.78. The highest BCUT2D eigenvalue weighted by molar-refractivity contribution is 5.90. The molecule has 3 heterocycles. The van der Waals surface area contributed by atoms with E-state index in [9.17, 15) is 23.1 Å². The van der Waals surface area contributed by atoms with Crippen molar-refractivity contribution < 1.29 is 37.7 Å². The minimum absolute atomic E-state index is 0.0624. The van der Waals surface area contributed by atoms with E-state index in [0.717, 1.165) is 11.1 Å². The molecule has 2 amide bonds. The fourth-order valence-corrected chi connectivity index (χ4v) is 4.54. The molecule has 0 bridgehead atoms. The number of benzene rings is 1. The van der Waals surface area contributed by atoms with Crippen LogP contribution in [0.25, 0.3) is 11.3 Å². The molecule has 4 rings (SSSR count). The predicted octanol–water partition coefficient (Wildman–Crippen LogP) is 3.59. The monoisotopic (exact) mass is 568 g/mol. The summed E-state index contributed by atoms with van der Waals surface area (Å²) in [6, 6.07) is 6.59. The van der Waals surface area contributed by atoms with Gasteiger partial charge in [-0.05, 0) is 43.9 Å². The number of alkyl halides is 3. The van der Waals surface area contributed by atoms with Gasteiger partial charge in [0.2, 0.25) is 5.95 Å². The Morgan fingerprint density at radius 2 is 1.93 bits per heavy atom. The van der Waals surface area contributed by atoms with Gasteiger partial charge >= 0.3 is 12.2 Å². The molecule has 220 valence electrons. The molecule has 14 heteroatoms. The van der Waals surface area contributed by atoms with E-state index >= 15 is 0 Å². The summed E-state index contributed by atoms with van der Waals surface area (Å²) in [5.41, 5.74) is 2.88. The number of nitrogens with one attached hydrogen (secondary N) is 2. The minimum atomic E-state index is -4.23. The van der Waals surface area contributed by atoms with Gasteiger partial charge in [0.05, 0.1) is 25.5 Å². The molecule has 2 aromatic rings. The summed E-state index contributed by atoms with van der Waals surface area (Å²) in [5, 5.41) is 22.4. The lowest BCUT2D eigenvalue weighted by Crippen LogP contribution is -2.37. The number of rotatable bonds is 7. The number of carboxylic acid groups (broad SMARTS) is 1. The number of ether oxygens (including phenoxy) is 1. The number of anilines is 3. The van der Waals surface area contributed by atoms with Crippen LogP contribution in [-0.2, 0) is 9.53 Å². The molecular formula is C26H35F3N6O5. The molecule has 2 fully saturated rings. The number of morpholine rings is 1. The first-order chi connectivity index (χ1) is 19.0. The average Bonchev–Trinajstić information content (AvgIpc) is 3.37. The number of aromatic nitrogens is 2. The summed E-state index contributed by atoms with van der Waals surface area (Å²) in [4.78, 5) is 34.0. The molecule has 11 nitrogen and oxygen atoms in total. The number of amides is 2. The third-order valence-electron chi connectivity index (χ3n) is 6.53. The number of aryl methyl sites for hydroxylation is 1. The molecule has 0 spiro atoms. The molecule has 4 N–H and O–H groups in total. The van der Waals surface area contributed by atoms with E-state index < -0.39 is 24.5 Å². The highest BCUT2D eigenvalue weighted by Gasteiger charge is 2.36. The number of urea groups is 1. The highest BCUT2D eigenvalue weighted by Crippen LogP contribution is 2.32. The number of hydrogen-bond donors (Lipinski definition) is 4. The van der Waals surface area contributed by atoms with Gasteiger partial charge in [-0.2, -0.15) is 18.2 Å². The third-order valence-corrected chi connectivity index (χ3v) is 6.53. The lowest BCUT2D eigenvalue weighted by Gasteiger charge is -2.27. The van der Waals surface area contributed by atoms with Crippen molar-refractivity contribution in [3.8, 4) is 11.3 Å². The van der Waals surface area contributed by atoms with E-state index in [2.05, 4.69) is 15.6 Å². The zero-order valence-corrected chi connectivity index (χ0v) is 22.4. The third kappa shape index (κ3) is 8.95. The van der Waals surface area contributed by atoms with Crippen LogP contribution in [0.15, 0.2) is 24.3 Å². The molecule has 2 aliphatic rings. The Morgan fingerprint density at radius 3 is 2.58 bits per heavy atom. The summed E-state index contributed by atoms with van der Waals surface area (Å²) >= 11 is 0. The Kier molecular flexibility index (Phi) is 10.9. The Balaban J connectivity index is 0.00000141. The number of aliphatic hydroxyl groups excluding tert-OH is 1. The van der Waals surface area contributed by atoms with Gasteiger partial charge in [0, 0.05) is 56.0 Å². The molecule has 2 aliphatic heterocycles. The van der Waals surface area contributed by atoms with E-state index in [4.69, 9.17) is 19.6 Å². The lowest BCUT2D eigenvalue weighted by molar-refractivity contribution is -0.143. The van der Waals surface area contributed by atoms with Crippen molar-refractivity contribution in [3.05, 3.63) is 29.8 Å². The fourth-order valence-electron chi connectivity index (χ4n) is 4.54. The molecule has 2 saturated heterocycles. The van der Waals surface area contributed by atoms with Crippen LogP contribution in [-0.4, -0.2) is 95.8 Å². The van der Waals surface area contributed by atoms with Crippen molar-refractivity contribution in [2.75, 3.05) is 61.5 Å². The molecule has 1 aromatic heterocycles. The summed E-state index contributed by atoms with van der Waals surface area (Å²) in [6.45, 7) is 6.28. The van der Waals surface area contributed by atoms with Crippen molar-refractivity contribution in [1.82, 2.24) is 14.9 Å². The van der Waals surface area contributed by atoms with Gasteiger partial charge in [-0.3, -0.25) is 4.79 Å². The zero-order chi connectivity index (χ0) is 29.3. The summed E-state index contributed by atoms with van der Waals surface area (Å²) in [7, 11) is 0. The second-order valence-corrected chi connectivity index (χ2v) is 9.75. The largest absolute Gasteiger partial charge is 0.483 e. The lowest BCUT2D eigenvalue weighted by atomic mass is 10.0. The number of nitrogens with zero attached hydrogens (tertiary/aromatic N) is 4. The minimum Gasteiger partial charge on any atom is -0.483 e. The van der Waals surface area contributed by atoms with Crippen molar-refractivity contribution in [2.24, 2.45) is 5.92 Å². The Bertz CT molecular complexity index is 1150. The summed E-state index contributed by atoms with van der Waals surface area (Å²) < 4.78 is 43.7. The number of aliphatic hydroxyl groups is 1. The van der Waals surface area contributed by atoms with Gasteiger partial charge in [0.1, 0.15) is 5.82 Å². The first kappa shape index (κ1) is 30.9. The SMILES string of the molecule is Cc1ccc(NC(=O)N2CCC(CC(F)(F)F)C2)cc1-c1cc(NC(C)CO)nc(N2CCOCC2)n1.O=CO. The van der Waals surface area contributed by atoms with Crippen LogP contribution in [0, 0.1) is 12.8 Å². The average molecular weight is 569 g/mol. The van der Waals surface area contributed by atoms with Crippen LogP contribution in [0.2, 0.25) is 0 Å². The van der Waals surface area contributed by atoms with E-state index in [0.29, 0.717) is 55.9 Å². The number of carbonyl (C=O) groups is 2. The van der Waals surface area contributed by atoms with Gasteiger partial charge in [-0.1, -0.05) is 6.07 Å². The second-order valence-electron chi connectivity index (χ2n) is 9.75. The van der Waals surface area contributed by atoms with Crippen LogP contribution >= 0.6 is 0 Å². The van der Waals surface area contributed by atoms with Crippen molar-refractivity contribution in [2.45, 2.75) is 38.9 Å². The van der Waals surface area contributed by atoms with Gasteiger partial charge in [-0.25, -0.2) is 9.78 Å². The Morgan fingerprint density at radius 1 is 1.23 bits per heavy atom. The van der Waals surface area contributed by atoms with Crippen LogP contribution in [0.1, 0.15) is 25.3 Å². The maximum atomic E-state index is 12.8. The standard InChI is InChI=1S/C25H33F3N6O3.CH2O2/c1-16-3-4-19(30-24(36)34-6-5-18(14-34)13-25(26,27)28)11-20(16)21-12-22(29-17(2)15-35)32-23(31-21)33-7-9-37-10-8-33;2-1-3/h3-4,11-12,17-18,35H,5-10,13-15H2,1-2H3,(H,30,36)(H,29,31,32);1H,(H,2,3). The molecule has 0 saturated carbocycles. The zero-order valence-electron chi connectivity index (χ0n) is 22.4. The first-order valence-electron chi connectivity index (χ1n) is 12.9. The smallest absolute Gasteiger partial charge is 0.389 e. The topological polar surface area (TPSA) is 140 Å². The van der Waals surface area contributed by atoms with Gasteiger partial charge < -0.3 is 35.4 Å². The van der Waals surface area contributed by atoms with E-state index in [-0.39, 0.29) is 32.2 Å². The van der Waals surface area contributed by atoms with Gasteiger partial charge in [0.15, 0.2) is 0 Å². The van der Waals surface area contributed by atoms with Crippen LogP contribution in [0.5, 0.6) is 0 Å². The van der Waals surface area contributed by atoms with Crippen LogP contribution in [0.3, 0.4) is 0 Å². The highest BCUT2D eigenvalue weighted by atomic mass is 19.4. The Labute approximate surface area is 230 Å². The summed E-state index contributed by atoms with van der Waals surface area (Å²) in [5.74, 6) is 0.524. The molecule has 0 radical (unpaired) electrons. The molecular weight excluding hydrogens is 533 g/mol. The van der Waals surface area contributed by atoms with E-state index in [1.54, 1.807) is 18.2 Å². The van der Waals surface area contributed by atoms with Gasteiger partial charge in [-0.15, -0.1) is 0 Å². The molecule has 0 aliphatic carbocycles. The maximum Gasteiger partial charge on any atom is 0.389 e. The maximum absolute atomic E-state index is 12.8. The first-order valence-corrected chi connectivity index (χ1v) is 12.9. The number of likely N-dealkylation sites (tertiary alicyclic amines) is 1. The number of carbonyl (C=O) groups excluding carboxylic acids is 1. The van der Waals surface area contributed by atoms with Crippen molar-refractivity contribution in [1.29, 1.82) is 0 Å². The molecule has 40 heavy (non-hydrogen) atoms. The van der Waals surface area contributed by atoms with E-state index in [1.807, 2.05) is 24.8 Å². The van der Waals surface area contributed by atoms with Crippen molar-refractivity contribution >= 4 is 30.0 Å². The molecule has 1 aromatic carbocycles. The van der Waals surface area contributed by atoms with Crippen LogP contribution in [0.4, 0.5) is 35.4 Å².